The first kappa shape index (κ1) is 39.2. The van der Waals surface area contributed by atoms with Gasteiger partial charge in [0, 0.05) is 21.2 Å². The molecule has 0 fully saturated rings. The Bertz CT molecular complexity index is 1600. The monoisotopic (exact) mass is 762 g/mol. The highest BCUT2D eigenvalue weighted by Crippen LogP contribution is 2.51. The Hall–Kier alpha value is -3.58. The molecule has 4 aromatic rings. The van der Waals surface area contributed by atoms with E-state index in [1.165, 1.54) is 13.8 Å². The molecule has 50 heavy (non-hydrogen) atoms. The molecule has 0 aliphatic heterocycles. The minimum atomic E-state index is -4.80. The minimum absolute atomic E-state index is 0.377. The molecule has 4 nitrogen and oxygen atoms in total. The van der Waals surface area contributed by atoms with Crippen LogP contribution < -0.4 is 21.2 Å². The van der Waals surface area contributed by atoms with Crippen LogP contribution in [0.1, 0.15) is 36.1 Å². The number of benzene rings is 4. The fraction of sp³-hybridized carbons (Fsp3) is 0.250. The predicted molar refractivity (Wildman–Crippen MR) is 161 cm³/mol. The van der Waals surface area contributed by atoms with E-state index in [0.29, 0.717) is 48.5 Å². The van der Waals surface area contributed by atoms with Crippen molar-refractivity contribution >= 4 is 36.0 Å². The van der Waals surface area contributed by atoms with E-state index < -0.39 is 73.9 Å². The fourth-order valence-corrected chi connectivity index (χ4v) is 9.10. The topological polar surface area (TPSA) is 52.6 Å². The summed E-state index contributed by atoms with van der Waals surface area (Å²) in [6.07, 6.45) is -22.1. The first-order valence-electron chi connectivity index (χ1n) is 14.1. The Balaban J connectivity index is 1.76. The van der Waals surface area contributed by atoms with Crippen LogP contribution in [0.4, 0.5) is 52.7 Å². The van der Waals surface area contributed by atoms with Crippen LogP contribution in [-0.4, -0.2) is 12.2 Å². The summed E-state index contributed by atoms with van der Waals surface area (Å²) in [7, 11) is -9.19. The van der Waals surface area contributed by atoms with E-state index in [1.807, 2.05) is 0 Å². The first-order chi connectivity index (χ1) is 22.9. The second-order valence-electron chi connectivity index (χ2n) is 10.9. The molecule has 0 amide bonds. The Morgan fingerprint density at radius 1 is 0.380 bits per heavy atom. The van der Waals surface area contributed by atoms with Crippen LogP contribution >= 0.6 is 14.7 Å². The third kappa shape index (κ3) is 8.65. The average Bonchev–Trinajstić information content (AvgIpc) is 3.03. The molecule has 4 rings (SSSR count). The molecule has 0 unspecified atom stereocenters. The third-order valence-electron chi connectivity index (χ3n) is 7.43. The molecule has 0 heterocycles. The van der Waals surface area contributed by atoms with Crippen LogP contribution in [0.2, 0.25) is 0 Å². The van der Waals surface area contributed by atoms with Gasteiger partial charge in [-0.3, -0.25) is 9.13 Å². The SMILES string of the molecule is C[C@@H](OP(=O)(c1ccc(C(F)(F)F)cc1)c1ccc(C(F)(F)F)cc1)[C@@H](C)OP(=O)(c1ccc(C(F)(F)F)cc1)c1ccc(C(F)(F)F)cc1. The summed E-state index contributed by atoms with van der Waals surface area (Å²) >= 11 is 0. The lowest BCUT2D eigenvalue weighted by Gasteiger charge is -2.30. The summed E-state index contributed by atoms with van der Waals surface area (Å²) in [5.41, 5.74) is -4.56. The van der Waals surface area contributed by atoms with E-state index in [9.17, 15) is 61.8 Å². The molecule has 0 aliphatic rings. The van der Waals surface area contributed by atoms with Crippen LogP contribution in [0.15, 0.2) is 97.1 Å². The zero-order valence-corrected chi connectivity index (χ0v) is 27.2. The highest BCUT2D eigenvalue weighted by molar-refractivity contribution is 7.74. The first-order valence-corrected chi connectivity index (χ1v) is 17.4. The van der Waals surface area contributed by atoms with Crippen molar-refractivity contribution in [3.8, 4) is 0 Å². The van der Waals surface area contributed by atoms with Gasteiger partial charge in [-0.25, -0.2) is 0 Å². The van der Waals surface area contributed by atoms with E-state index in [-0.39, 0.29) is 21.2 Å². The lowest BCUT2D eigenvalue weighted by atomic mass is 10.2. The van der Waals surface area contributed by atoms with E-state index in [0.717, 1.165) is 48.5 Å². The van der Waals surface area contributed by atoms with Gasteiger partial charge in [0.1, 0.15) is 0 Å². The molecular weight excluding hydrogens is 738 g/mol. The van der Waals surface area contributed by atoms with Crippen molar-refractivity contribution in [1.82, 2.24) is 0 Å². The Kier molecular flexibility index (Phi) is 10.9. The molecular formula is C32H24F12O4P2. The maximum Gasteiger partial charge on any atom is 0.416 e. The Morgan fingerprint density at radius 3 is 0.680 bits per heavy atom. The maximum absolute atomic E-state index is 14.5. The average molecular weight is 762 g/mol. The van der Waals surface area contributed by atoms with Crippen molar-refractivity contribution in [3.05, 3.63) is 119 Å². The number of hydrogen-bond donors (Lipinski definition) is 0. The Labute approximate surface area is 276 Å². The van der Waals surface area contributed by atoms with Gasteiger partial charge in [-0.1, -0.05) is 0 Å². The summed E-state index contributed by atoms with van der Waals surface area (Å²) in [4.78, 5) is 0. The van der Waals surface area contributed by atoms with Gasteiger partial charge in [-0.05, 0) is 111 Å². The molecule has 18 heteroatoms. The van der Waals surface area contributed by atoms with Gasteiger partial charge in [-0.15, -0.1) is 0 Å². The smallest absolute Gasteiger partial charge is 0.316 e. The fourth-order valence-electron chi connectivity index (χ4n) is 4.57. The molecule has 0 spiro atoms. The van der Waals surface area contributed by atoms with E-state index in [4.69, 9.17) is 9.05 Å². The summed E-state index contributed by atoms with van der Waals surface area (Å²) < 4.78 is 200. The van der Waals surface area contributed by atoms with Gasteiger partial charge < -0.3 is 9.05 Å². The predicted octanol–water partition coefficient (Wildman–Crippen LogP) is 9.73. The Morgan fingerprint density at radius 2 is 0.540 bits per heavy atom. The van der Waals surface area contributed by atoms with E-state index in [1.54, 1.807) is 0 Å². The lowest BCUT2D eigenvalue weighted by Crippen LogP contribution is -2.32. The summed E-state index contributed by atoms with van der Waals surface area (Å²) in [5.74, 6) is 0. The zero-order valence-electron chi connectivity index (χ0n) is 25.5. The summed E-state index contributed by atoms with van der Waals surface area (Å²) in [6, 6.07) is 11.0. The van der Waals surface area contributed by atoms with Gasteiger partial charge in [0.05, 0.1) is 34.5 Å². The minimum Gasteiger partial charge on any atom is -0.316 e. The molecule has 0 bridgehead atoms. The van der Waals surface area contributed by atoms with Gasteiger partial charge in [0.25, 0.3) is 14.7 Å². The molecule has 0 N–H and O–H groups in total. The highest BCUT2D eigenvalue weighted by Gasteiger charge is 2.40. The number of hydrogen-bond acceptors (Lipinski definition) is 4. The molecule has 0 aromatic heterocycles. The summed E-state index contributed by atoms with van der Waals surface area (Å²) in [5, 5.41) is -1.51. The van der Waals surface area contributed by atoms with Gasteiger partial charge in [0.2, 0.25) is 0 Å². The standard InChI is InChI=1S/C32H24F12O4P2/c1-19(47-49(45,25-11-3-21(4-12-25)29(33,34)35)26-13-5-22(6-14-26)30(36,37)38)20(2)48-50(46,27-15-7-23(8-16-27)31(39,40)41)28-17-9-24(10-18-28)32(42,43)44/h3-20H,1-2H3/t19-,20-/m1/s1. The molecule has 0 radical (unpaired) electrons. The molecule has 0 saturated heterocycles. The number of halogens is 12. The maximum atomic E-state index is 14.5. The van der Waals surface area contributed by atoms with Crippen LogP contribution in [-0.2, 0) is 42.9 Å². The van der Waals surface area contributed by atoms with Crippen LogP contribution in [0.3, 0.4) is 0 Å². The van der Waals surface area contributed by atoms with E-state index in [2.05, 4.69) is 0 Å². The second-order valence-corrected chi connectivity index (χ2v) is 15.6. The molecule has 0 aliphatic carbocycles. The van der Waals surface area contributed by atoms with Crippen LogP contribution in [0, 0.1) is 0 Å². The second kappa shape index (κ2) is 13.9. The van der Waals surface area contributed by atoms with E-state index >= 15 is 0 Å². The van der Waals surface area contributed by atoms with Crippen molar-refractivity contribution in [2.24, 2.45) is 0 Å². The van der Waals surface area contributed by atoms with Crippen LogP contribution in [0.25, 0.3) is 0 Å². The van der Waals surface area contributed by atoms with Gasteiger partial charge in [0.15, 0.2) is 0 Å². The van der Waals surface area contributed by atoms with Crippen LogP contribution in [0.5, 0.6) is 0 Å². The van der Waals surface area contributed by atoms with Gasteiger partial charge >= 0.3 is 24.7 Å². The lowest BCUT2D eigenvalue weighted by molar-refractivity contribution is -0.138. The number of alkyl halides is 12. The van der Waals surface area contributed by atoms with Crippen molar-refractivity contribution in [2.45, 2.75) is 50.8 Å². The molecule has 270 valence electrons. The third-order valence-corrected chi connectivity index (χ3v) is 12.6. The highest BCUT2D eigenvalue weighted by atomic mass is 31.2. The molecule has 2 atom stereocenters. The normalized spacial score (nSPS) is 14.8. The molecule has 0 saturated carbocycles. The summed E-state index contributed by atoms with van der Waals surface area (Å²) in [6.45, 7) is 2.41. The van der Waals surface area contributed by atoms with Crippen molar-refractivity contribution in [2.75, 3.05) is 0 Å². The number of rotatable bonds is 9. The zero-order chi connectivity index (χ0) is 37.5. The van der Waals surface area contributed by atoms with Gasteiger partial charge in [-0.2, -0.15) is 52.7 Å². The largest absolute Gasteiger partial charge is 0.416 e. The molecule has 4 aromatic carbocycles. The quantitative estimate of drug-likeness (QED) is 0.126. The van der Waals surface area contributed by atoms with Crippen molar-refractivity contribution in [3.63, 3.8) is 0 Å². The van der Waals surface area contributed by atoms with Crippen molar-refractivity contribution < 1.29 is 70.9 Å². The van der Waals surface area contributed by atoms with Crippen molar-refractivity contribution in [1.29, 1.82) is 0 Å².